The Balaban J connectivity index is 1.81. The predicted molar refractivity (Wildman–Crippen MR) is 82.8 cm³/mol. The van der Waals surface area contributed by atoms with E-state index in [1.54, 1.807) is 0 Å². The Morgan fingerprint density at radius 2 is 1.85 bits per heavy atom. The molecule has 0 spiro atoms. The number of aliphatic hydroxyl groups excluding tert-OH is 1. The van der Waals surface area contributed by atoms with Gasteiger partial charge in [-0.2, -0.15) is 0 Å². The lowest BCUT2D eigenvalue weighted by Gasteiger charge is -2.43. The topological polar surface area (TPSA) is 32.7 Å². The molecule has 0 aromatic heterocycles. The number of rotatable bonds is 6. The Morgan fingerprint density at radius 3 is 2.60 bits per heavy atom. The SMILES string of the molecule is CC(C)COCCN1CCCCC1C1CCCCC1O. The lowest BCUT2D eigenvalue weighted by molar-refractivity contribution is -0.0171. The maximum absolute atomic E-state index is 10.3. The normalized spacial score (nSPS) is 32.7. The highest BCUT2D eigenvalue weighted by atomic mass is 16.5. The molecule has 1 aliphatic heterocycles. The molecule has 2 aliphatic rings. The molecule has 3 atom stereocenters. The highest BCUT2D eigenvalue weighted by molar-refractivity contribution is 4.88. The van der Waals surface area contributed by atoms with E-state index in [0.717, 1.165) is 26.2 Å². The van der Waals surface area contributed by atoms with Crippen LogP contribution in [0.4, 0.5) is 0 Å². The first-order valence-electron chi connectivity index (χ1n) is 8.68. The van der Waals surface area contributed by atoms with Crippen LogP contribution >= 0.6 is 0 Å². The van der Waals surface area contributed by atoms with Crippen molar-refractivity contribution < 1.29 is 9.84 Å². The Kier molecular flexibility index (Phi) is 6.79. The number of ether oxygens (including phenoxy) is 1. The van der Waals surface area contributed by atoms with Crippen molar-refractivity contribution >= 4 is 0 Å². The molecule has 3 unspecified atom stereocenters. The van der Waals surface area contributed by atoms with Gasteiger partial charge in [-0.3, -0.25) is 4.90 Å². The fraction of sp³-hybridized carbons (Fsp3) is 1.00. The third-order valence-corrected chi connectivity index (χ3v) is 4.91. The van der Waals surface area contributed by atoms with Crippen LogP contribution in [-0.4, -0.2) is 48.5 Å². The van der Waals surface area contributed by atoms with Crippen LogP contribution in [0.25, 0.3) is 0 Å². The Labute approximate surface area is 124 Å². The third-order valence-electron chi connectivity index (χ3n) is 4.91. The van der Waals surface area contributed by atoms with Crippen molar-refractivity contribution in [1.29, 1.82) is 0 Å². The van der Waals surface area contributed by atoms with E-state index in [0.29, 0.717) is 17.9 Å². The summed E-state index contributed by atoms with van der Waals surface area (Å²) in [6.07, 6.45) is 8.59. The van der Waals surface area contributed by atoms with Gasteiger partial charge in [-0.1, -0.05) is 33.1 Å². The van der Waals surface area contributed by atoms with Crippen LogP contribution in [0.15, 0.2) is 0 Å². The number of nitrogens with zero attached hydrogens (tertiary/aromatic N) is 1. The summed E-state index contributed by atoms with van der Waals surface area (Å²) in [5.74, 6) is 1.13. The van der Waals surface area contributed by atoms with Gasteiger partial charge >= 0.3 is 0 Å². The first-order valence-corrected chi connectivity index (χ1v) is 8.68. The molecule has 2 fully saturated rings. The molecular weight excluding hydrogens is 250 g/mol. The molecular formula is C17H33NO2. The Bertz CT molecular complexity index is 270. The summed E-state index contributed by atoms with van der Waals surface area (Å²) in [7, 11) is 0. The third kappa shape index (κ3) is 4.71. The van der Waals surface area contributed by atoms with E-state index in [-0.39, 0.29) is 6.10 Å². The van der Waals surface area contributed by atoms with Crippen LogP contribution in [0.2, 0.25) is 0 Å². The average Bonchev–Trinajstić information content (AvgIpc) is 2.44. The van der Waals surface area contributed by atoms with E-state index in [2.05, 4.69) is 18.7 Å². The van der Waals surface area contributed by atoms with Crippen LogP contribution in [0.1, 0.15) is 58.8 Å². The van der Waals surface area contributed by atoms with Gasteiger partial charge in [0.15, 0.2) is 0 Å². The van der Waals surface area contributed by atoms with Gasteiger partial charge in [-0.05, 0) is 38.1 Å². The van der Waals surface area contributed by atoms with E-state index >= 15 is 0 Å². The summed E-state index contributed by atoms with van der Waals surface area (Å²) < 4.78 is 5.76. The smallest absolute Gasteiger partial charge is 0.0593 e. The minimum Gasteiger partial charge on any atom is -0.393 e. The van der Waals surface area contributed by atoms with Crippen molar-refractivity contribution in [3.63, 3.8) is 0 Å². The van der Waals surface area contributed by atoms with Gasteiger partial charge in [0.1, 0.15) is 0 Å². The van der Waals surface area contributed by atoms with Gasteiger partial charge < -0.3 is 9.84 Å². The number of hydrogen-bond donors (Lipinski definition) is 1. The highest BCUT2D eigenvalue weighted by Gasteiger charge is 2.35. The monoisotopic (exact) mass is 283 g/mol. The van der Waals surface area contributed by atoms with Crippen LogP contribution in [0, 0.1) is 11.8 Å². The molecule has 0 aromatic rings. The first-order chi connectivity index (χ1) is 9.68. The molecule has 2 rings (SSSR count). The number of aliphatic hydroxyl groups is 1. The molecule has 3 nitrogen and oxygen atoms in total. The second kappa shape index (κ2) is 8.35. The highest BCUT2D eigenvalue weighted by Crippen LogP contribution is 2.33. The minimum atomic E-state index is -0.0640. The second-order valence-electron chi connectivity index (χ2n) is 7.08. The van der Waals surface area contributed by atoms with Gasteiger partial charge in [0.05, 0.1) is 12.7 Å². The van der Waals surface area contributed by atoms with Crippen LogP contribution < -0.4 is 0 Å². The summed E-state index contributed by atoms with van der Waals surface area (Å²) in [6.45, 7) is 8.34. The van der Waals surface area contributed by atoms with Crippen molar-refractivity contribution in [1.82, 2.24) is 4.90 Å². The molecule has 0 bridgehead atoms. The zero-order valence-electron chi connectivity index (χ0n) is 13.4. The molecule has 0 aromatic carbocycles. The predicted octanol–water partition coefficient (Wildman–Crippen LogP) is 3.06. The van der Waals surface area contributed by atoms with Gasteiger partial charge in [-0.15, -0.1) is 0 Å². The van der Waals surface area contributed by atoms with Gasteiger partial charge in [0, 0.05) is 25.1 Å². The number of likely N-dealkylation sites (tertiary alicyclic amines) is 1. The lowest BCUT2D eigenvalue weighted by atomic mass is 9.78. The zero-order chi connectivity index (χ0) is 14.4. The summed E-state index contributed by atoms with van der Waals surface area (Å²) in [4.78, 5) is 2.60. The van der Waals surface area contributed by atoms with E-state index in [1.807, 2.05) is 0 Å². The van der Waals surface area contributed by atoms with E-state index in [4.69, 9.17) is 4.74 Å². The maximum Gasteiger partial charge on any atom is 0.0593 e. The van der Waals surface area contributed by atoms with E-state index in [9.17, 15) is 5.11 Å². The van der Waals surface area contributed by atoms with Crippen molar-refractivity contribution in [3.05, 3.63) is 0 Å². The summed E-state index contributed by atoms with van der Waals surface area (Å²) in [6, 6.07) is 0.599. The van der Waals surface area contributed by atoms with E-state index < -0.39 is 0 Å². The molecule has 0 radical (unpaired) electrons. The molecule has 1 saturated heterocycles. The number of hydrogen-bond acceptors (Lipinski definition) is 3. The maximum atomic E-state index is 10.3. The van der Waals surface area contributed by atoms with Gasteiger partial charge in [-0.25, -0.2) is 0 Å². The quantitative estimate of drug-likeness (QED) is 0.761. The van der Waals surface area contributed by atoms with E-state index in [1.165, 1.54) is 45.1 Å². The molecule has 1 heterocycles. The molecule has 0 amide bonds. The molecule has 118 valence electrons. The van der Waals surface area contributed by atoms with Gasteiger partial charge in [0.25, 0.3) is 0 Å². The van der Waals surface area contributed by atoms with Crippen molar-refractivity contribution in [2.45, 2.75) is 70.9 Å². The molecule has 1 N–H and O–H groups in total. The summed E-state index contributed by atoms with van der Waals surface area (Å²) in [5.41, 5.74) is 0. The minimum absolute atomic E-state index is 0.0640. The molecule has 1 aliphatic carbocycles. The first kappa shape index (κ1) is 16.3. The fourth-order valence-corrected chi connectivity index (χ4v) is 3.87. The van der Waals surface area contributed by atoms with Gasteiger partial charge in [0.2, 0.25) is 0 Å². The van der Waals surface area contributed by atoms with Crippen molar-refractivity contribution in [3.8, 4) is 0 Å². The Morgan fingerprint density at radius 1 is 1.10 bits per heavy atom. The van der Waals surface area contributed by atoms with Crippen molar-refractivity contribution in [2.75, 3.05) is 26.3 Å². The summed E-state index contributed by atoms with van der Waals surface area (Å²) in [5, 5.41) is 10.3. The fourth-order valence-electron chi connectivity index (χ4n) is 3.87. The Hall–Kier alpha value is -0.120. The lowest BCUT2D eigenvalue weighted by Crippen LogP contribution is -2.49. The molecule has 20 heavy (non-hydrogen) atoms. The molecule has 3 heteroatoms. The molecule has 1 saturated carbocycles. The summed E-state index contributed by atoms with van der Waals surface area (Å²) >= 11 is 0. The second-order valence-corrected chi connectivity index (χ2v) is 7.08. The van der Waals surface area contributed by atoms with Crippen LogP contribution in [0.3, 0.4) is 0 Å². The van der Waals surface area contributed by atoms with Crippen LogP contribution in [-0.2, 0) is 4.74 Å². The standard InChI is InChI=1S/C17H33NO2/c1-14(2)13-20-12-11-18-10-6-5-8-16(18)15-7-3-4-9-17(15)19/h14-17,19H,3-13H2,1-2H3. The zero-order valence-corrected chi connectivity index (χ0v) is 13.4. The van der Waals surface area contributed by atoms with Crippen molar-refractivity contribution in [2.24, 2.45) is 11.8 Å². The van der Waals surface area contributed by atoms with Crippen LogP contribution in [0.5, 0.6) is 0 Å². The largest absolute Gasteiger partial charge is 0.393 e. The average molecular weight is 283 g/mol. The number of piperidine rings is 1.